The van der Waals surface area contributed by atoms with E-state index in [0.29, 0.717) is 5.39 Å². The van der Waals surface area contributed by atoms with Crippen molar-refractivity contribution >= 4 is 40.2 Å². The van der Waals surface area contributed by atoms with Crippen LogP contribution in [0.25, 0.3) is 10.8 Å². The maximum absolute atomic E-state index is 14.5. The number of esters is 1. The highest BCUT2D eigenvalue weighted by molar-refractivity contribution is 7.52. The van der Waals surface area contributed by atoms with Gasteiger partial charge in [0.05, 0.1) is 11.5 Å². The van der Waals surface area contributed by atoms with E-state index in [1.807, 2.05) is 18.2 Å². The van der Waals surface area contributed by atoms with Crippen molar-refractivity contribution in [3.63, 3.8) is 0 Å². The standard InChI is InChI=1S/C19H27B2FNO7P/c1-12(2)28-17(25)13(3)23-31(27,30-19(20,21)18(22,26)11-24)29-16-10-6-8-14-7-4-5-9-15(14)16/h4-10,12-13,24,26H,11,20-21H2,1-3H3,(H,23,27)/t13?,18-,31?/m0/s1. The van der Waals surface area contributed by atoms with Gasteiger partial charge in [-0.3, -0.25) is 9.32 Å². The summed E-state index contributed by atoms with van der Waals surface area (Å²) in [6.07, 6.45) is -0.419. The number of carbonyl (C=O) groups excluding carboxylic acids is 1. The Morgan fingerprint density at radius 2 is 1.81 bits per heavy atom. The molecule has 12 heteroatoms. The molecule has 31 heavy (non-hydrogen) atoms. The lowest BCUT2D eigenvalue weighted by atomic mass is 9.61. The van der Waals surface area contributed by atoms with Crippen LogP contribution in [0, 0.1) is 0 Å². The van der Waals surface area contributed by atoms with Crippen molar-refractivity contribution in [3.8, 4) is 5.75 Å². The Morgan fingerprint density at radius 3 is 2.42 bits per heavy atom. The van der Waals surface area contributed by atoms with Crippen LogP contribution in [0.4, 0.5) is 4.39 Å². The molecule has 8 nitrogen and oxygen atoms in total. The fraction of sp³-hybridized carbons (Fsp3) is 0.421. The summed E-state index contributed by atoms with van der Waals surface area (Å²) in [7, 11) is -2.30. The topological polar surface area (TPSA) is 114 Å². The normalized spacial score (nSPS) is 17.0. The van der Waals surface area contributed by atoms with Crippen molar-refractivity contribution in [1.82, 2.24) is 5.09 Å². The van der Waals surface area contributed by atoms with Gasteiger partial charge in [-0.25, -0.2) is 8.96 Å². The largest absolute Gasteiger partial charge is 0.462 e. The lowest BCUT2D eigenvalue weighted by Crippen LogP contribution is -2.57. The molecule has 0 saturated heterocycles. The van der Waals surface area contributed by atoms with Crippen molar-refractivity contribution in [2.75, 3.05) is 6.61 Å². The molecular formula is C19H27B2FNO7P. The van der Waals surface area contributed by atoms with Gasteiger partial charge in [-0.05, 0) is 32.2 Å². The summed E-state index contributed by atoms with van der Waals surface area (Å²) in [6, 6.07) is 11.0. The number of ether oxygens (including phenoxy) is 1. The Hall–Kier alpha value is -1.90. The molecule has 2 unspecified atom stereocenters. The highest BCUT2D eigenvalue weighted by atomic mass is 31.2. The van der Waals surface area contributed by atoms with Crippen LogP contribution in [-0.2, 0) is 18.6 Å². The number of hydrogen-bond acceptors (Lipinski definition) is 7. The highest BCUT2D eigenvalue weighted by Crippen LogP contribution is 2.50. The van der Waals surface area contributed by atoms with Crippen LogP contribution in [-0.4, -0.2) is 61.9 Å². The first-order valence-corrected chi connectivity index (χ1v) is 11.3. The van der Waals surface area contributed by atoms with Gasteiger partial charge in [-0.2, -0.15) is 5.09 Å². The van der Waals surface area contributed by atoms with Crippen LogP contribution in [0.5, 0.6) is 5.75 Å². The quantitative estimate of drug-likeness (QED) is 0.276. The number of carbonyl (C=O) groups is 1. The Balaban J connectivity index is 2.44. The number of aliphatic hydroxyl groups excluding tert-OH is 1. The summed E-state index contributed by atoms with van der Waals surface area (Å²) in [4.78, 5) is 12.2. The minimum absolute atomic E-state index is 0.153. The zero-order chi connectivity index (χ0) is 23.4. The van der Waals surface area contributed by atoms with E-state index in [9.17, 15) is 24.0 Å². The molecule has 0 amide bonds. The van der Waals surface area contributed by atoms with E-state index in [1.54, 1.807) is 32.0 Å². The van der Waals surface area contributed by atoms with Gasteiger partial charge in [0.15, 0.2) is 0 Å². The first-order chi connectivity index (χ1) is 14.3. The second kappa shape index (κ2) is 9.71. The van der Waals surface area contributed by atoms with Gasteiger partial charge in [-0.15, -0.1) is 0 Å². The van der Waals surface area contributed by atoms with Gasteiger partial charge in [0.2, 0.25) is 5.85 Å². The smallest absolute Gasteiger partial charge is 0.458 e. The number of rotatable bonds is 10. The Labute approximate surface area is 182 Å². The lowest BCUT2D eigenvalue weighted by Gasteiger charge is -2.38. The molecule has 2 aromatic carbocycles. The number of hydrogen-bond donors (Lipinski definition) is 3. The number of fused-ring (bicyclic) bond motifs is 1. The molecule has 0 aromatic heterocycles. The molecule has 0 aliphatic rings. The second-order valence-corrected chi connectivity index (χ2v) is 9.54. The summed E-state index contributed by atoms with van der Waals surface area (Å²) in [5, 5.41) is 20.7. The Kier molecular flexibility index (Phi) is 7.94. The molecule has 3 N–H and O–H groups in total. The average molecular weight is 453 g/mol. The zero-order valence-corrected chi connectivity index (χ0v) is 19.1. The number of nitrogens with one attached hydrogen (secondary N) is 1. The summed E-state index contributed by atoms with van der Waals surface area (Å²) in [5.74, 6) is -3.81. The first-order valence-electron chi connectivity index (χ1n) is 9.79. The van der Waals surface area contributed by atoms with Crippen LogP contribution in [0.1, 0.15) is 20.8 Å². The van der Waals surface area contributed by atoms with Crippen molar-refractivity contribution in [2.45, 2.75) is 44.2 Å². The van der Waals surface area contributed by atoms with E-state index in [4.69, 9.17) is 13.8 Å². The zero-order valence-electron chi connectivity index (χ0n) is 18.2. The molecule has 0 bridgehead atoms. The molecular weight excluding hydrogens is 426 g/mol. The van der Waals surface area contributed by atoms with Gasteiger partial charge < -0.3 is 19.5 Å². The van der Waals surface area contributed by atoms with Crippen LogP contribution >= 0.6 is 7.75 Å². The SMILES string of the molecule is BC(B)(OP(=O)(NC(C)C(=O)OC(C)C)Oc1cccc2ccccc12)[C@](O)(F)CO. The molecule has 0 aliphatic heterocycles. The summed E-state index contributed by atoms with van der Waals surface area (Å²) >= 11 is 0. The fourth-order valence-corrected chi connectivity index (χ4v) is 4.54. The maximum atomic E-state index is 14.5. The predicted molar refractivity (Wildman–Crippen MR) is 120 cm³/mol. The minimum atomic E-state index is -4.49. The van der Waals surface area contributed by atoms with Gasteiger partial charge in [0, 0.05) is 5.39 Å². The molecule has 0 heterocycles. The van der Waals surface area contributed by atoms with Crippen LogP contribution in [0.3, 0.4) is 0 Å². The minimum Gasteiger partial charge on any atom is -0.462 e. The molecule has 0 radical (unpaired) electrons. The van der Waals surface area contributed by atoms with Gasteiger partial charge in [0.1, 0.15) is 34.1 Å². The fourth-order valence-electron chi connectivity index (χ4n) is 2.66. The van der Waals surface area contributed by atoms with Crippen molar-refractivity contribution < 1.29 is 37.7 Å². The summed E-state index contributed by atoms with van der Waals surface area (Å²) in [6.45, 7) is 3.38. The Bertz CT molecular complexity index is 968. The van der Waals surface area contributed by atoms with Crippen molar-refractivity contribution in [1.29, 1.82) is 0 Å². The van der Waals surface area contributed by atoms with E-state index >= 15 is 0 Å². The van der Waals surface area contributed by atoms with E-state index in [2.05, 4.69) is 5.09 Å². The van der Waals surface area contributed by atoms with E-state index in [-0.39, 0.29) is 5.75 Å². The summed E-state index contributed by atoms with van der Waals surface area (Å²) < 4.78 is 44.3. The number of alkyl halides is 1. The number of aliphatic hydroxyl groups is 2. The van der Waals surface area contributed by atoms with E-state index < -0.39 is 43.7 Å². The molecule has 3 atom stereocenters. The van der Waals surface area contributed by atoms with Crippen LogP contribution in [0.2, 0.25) is 0 Å². The third-order valence-electron chi connectivity index (χ3n) is 4.51. The van der Waals surface area contributed by atoms with E-state index in [1.165, 1.54) is 13.0 Å². The Morgan fingerprint density at radius 1 is 1.19 bits per heavy atom. The van der Waals surface area contributed by atoms with Crippen LogP contribution in [0.15, 0.2) is 42.5 Å². The number of halogens is 1. The van der Waals surface area contributed by atoms with Crippen molar-refractivity contribution in [3.05, 3.63) is 42.5 Å². The molecule has 0 aliphatic carbocycles. The molecule has 0 saturated carbocycles. The maximum Gasteiger partial charge on any atom is 0.458 e. The van der Waals surface area contributed by atoms with Gasteiger partial charge in [-0.1, -0.05) is 36.4 Å². The average Bonchev–Trinajstić information content (AvgIpc) is 2.66. The highest BCUT2D eigenvalue weighted by Gasteiger charge is 2.50. The molecule has 0 spiro atoms. The van der Waals surface area contributed by atoms with Crippen molar-refractivity contribution in [2.24, 2.45) is 0 Å². The third-order valence-corrected chi connectivity index (χ3v) is 6.34. The van der Waals surface area contributed by atoms with E-state index in [0.717, 1.165) is 21.1 Å². The lowest BCUT2D eigenvalue weighted by molar-refractivity contribution is -0.176. The second-order valence-electron chi connectivity index (χ2n) is 7.92. The van der Waals surface area contributed by atoms with Crippen LogP contribution < -0.4 is 9.61 Å². The molecule has 168 valence electrons. The molecule has 2 rings (SSSR count). The number of benzene rings is 2. The van der Waals surface area contributed by atoms with Gasteiger partial charge >= 0.3 is 13.7 Å². The third kappa shape index (κ3) is 6.30. The first kappa shape index (κ1) is 25.4. The van der Waals surface area contributed by atoms with Gasteiger partial charge in [0.25, 0.3) is 0 Å². The summed E-state index contributed by atoms with van der Waals surface area (Å²) in [5.41, 5.74) is 0. The molecule has 2 aromatic rings. The molecule has 0 fully saturated rings. The predicted octanol–water partition coefficient (Wildman–Crippen LogP) is 0.843. The monoisotopic (exact) mass is 453 g/mol.